The van der Waals surface area contributed by atoms with Crippen molar-refractivity contribution < 1.29 is 9.53 Å². The molecule has 1 aliphatic heterocycles. The van der Waals surface area contributed by atoms with Crippen LogP contribution in [0.15, 0.2) is 63.0 Å². The van der Waals surface area contributed by atoms with Gasteiger partial charge in [0.05, 0.1) is 18.6 Å². The second-order valence-electron chi connectivity index (χ2n) is 7.14. The first-order chi connectivity index (χ1) is 14.1. The number of rotatable bonds is 5. The minimum Gasteiger partial charge on any atom is -0.497 e. The summed E-state index contributed by atoms with van der Waals surface area (Å²) < 4.78 is 6.18. The fourth-order valence-electron chi connectivity index (χ4n) is 3.59. The maximum Gasteiger partial charge on any atom is 0.234 e. The van der Waals surface area contributed by atoms with Crippen LogP contribution in [-0.2, 0) is 4.79 Å². The van der Waals surface area contributed by atoms with E-state index in [1.807, 2.05) is 48.5 Å². The number of methoxy groups -OCH3 is 1. The Balaban J connectivity index is 1.46. The molecule has 2 aliphatic rings. The average molecular weight is 472 g/mol. The molecular weight excluding hydrogens is 450 g/mol. The zero-order valence-electron chi connectivity index (χ0n) is 16.2. The summed E-state index contributed by atoms with van der Waals surface area (Å²) in [6.07, 6.45) is 4.26. The summed E-state index contributed by atoms with van der Waals surface area (Å²) in [5.74, 6) is 0.983. The monoisotopic (exact) mass is 471 g/mol. The summed E-state index contributed by atoms with van der Waals surface area (Å²) in [5, 5.41) is 3.78. The van der Waals surface area contributed by atoms with E-state index in [1.165, 1.54) is 11.8 Å². The van der Waals surface area contributed by atoms with E-state index in [2.05, 4.69) is 21.2 Å². The molecule has 1 spiro atoms. The first-order valence-corrected chi connectivity index (χ1v) is 11.4. The highest BCUT2D eigenvalue weighted by atomic mass is 79.9. The molecule has 2 aromatic carbocycles. The Morgan fingerprint density at radius 2 is 1.79 bits per heavy atom. The van der Waals surface area contributed by atoms with Gasteiger partial charge in [-0.05, 0) is 62.1 Å². The van der Waals surface area contributed by atoms with Gasteiger partial charge in [0.15, 0.2) is 5.66 Å². The lowest BCUT2D eigenvalue weighted by Gasteiger charge is -2.14. The van der Waals surface area contributed by atoms with Crippen molar-refractivity contribution in [1.29, 1.82) is 0 Å². The van der Waals surface area contributed by atoms with Gasteiger partial charge < -0.3 is 10.1 Å². The average Bonchev–Trinajstić information content (AvgIpc) is 3.34. The van der Waals surface area contributed by atoms with Crippen molar-refractivity contribution in [1.82, 2.24) is 0 Å². The van der Waals surface area contributed by atoms with Crippen LogP contribution in [0.3, 0.4) is 0 Å². The van der Waals surface area contributed by atoms with Gasteiger partial charge in [0.2, 0.25) is 5.91 Å². The molecule has 0 radical (unpaired) electrons. The van der Waals surface area contributed by atoms with Gasteiger partial charge in [0.25, 0.3) is 0 Å². The van der Waals surface area contributed by atoms with Crippen molar-refractivity contribution in [3.05, 3.63) is 58.6 Å². The molecular formula is C22H22BrN3O2S. The molecule has 2 aromatic rings. The van der Waals surface area contributed by atoms with E-state index in [1.54, 1.807) is 7.11 Å². The van der Waals surface area contributed by atoms with Gasteiger partial charge in [-0.1, -0.05) is 39.8 Å². The Kier molecular flexibility index (Phi) is 6.06. The fourth-order valence-corrected chi connectivity index (χ4v) is 4.73. The molecule has 1 aliphatic carbocycles. The highest BCUT2D eigenvalue weighted by Gasteiger charge is 2.39. The van der Waals surface area contributed by atoms with Gasteiger partial charge >= 0.3 is 0 Å². The number of nitrogens with zero attached hydrogens (tertiary/aromatic N) is 2. The molecule has 7 heteroatoms. The number of carbonyl (C=O) groups excluding carboxylic acids is 1. The normalized spacial score (nSPS) is 17.2. The van der Waals surface area contributed by atoms with Gasteiger partial charge in [0, 0.05) is 15.7 Å². The largest absolute Gasteiger partial charge is 0.497 e. The number of hydrogen-bond donors (Lipinski definition) is 1. The molecule has 0 aromatic heterocycles. The van der Waals surface area contributed by atoms with E-state index in [9.17, 15) is 4.79 Å². The predicted octanol–water partition coefficient (Wildman–Crippen LogP) is 5.30. The molecule has 1 heterocycles. The second kappa shape index (κ2) is 8.71. The Hall–Kier alpha value is -2.12. The van der Waals surface area contributed by atoms with E-state index in [4.69, 9.17) is 14.7 Å². The van der Waals surface area contributed by atoms with E-state index < -0.39 is 0 Å². The van der Waals surface area contributed by atoms with Crippen molar-refractivity contribution in [2.24, 2.45) is 9.98 Å². The van der Waals surface area contributed by atoms with Crippen LogP contribution in [0.25, 0.3) is 0 Å². The first-order valence-electron chi connectivity index (χ1n) is 9.60. The van der Waals surface area contributed by atoms with Gasteiger partial charge in [-0.2, -0.15) is 0 Å². The van der Waals surface area contributed by atoms with Crippen molar-refractivity contribution in [2.45, 2.75) is 31.3 Å². The molecule has 150 valence electrons. The number of carbonyl (C=O) groups is 1. The van der Waals surface area contributed by atoms with Crippen LogP contribution in [0.5, 0.6) is 5.75 Å². The van der Waals surface area contributed by atoms with E-state index in [0.717, 1.165) is 57.9 Å². The summed E-state index contributed by atoms with van der Waals surface area (Å²) in [7, 11) is 1.62. The molecule has 0 atom stereocenters. The Morgan fingerprint density at radius 1 is 1.10 bits per heavy atom. The molecule has 1 saturated carbocycles. The van der Waals surface area contributed by atoms with Crippen molar-refractivity contribution in [3.8, 4) is 5.75 Å². The number of anilines is 1. The molecule has 5 nitrogen and oxygen atoms in total. The maximum absolute atomic E-state index is 12.5. The lowest BCUT2D eigenvalue weighted by Crippen LogP contribution is -2.17. The number of thioether (sulfide) groups is 1. The predicted molar refractivity (Wildman–Crippen MR) is 123 cm³/mol. The van der Waals surface area contributed by atoms with Crippen LogP contribution in [0, 0.1) is 0 Å². The molecule has 0 unspecified atom stereocenters. The van der Waals surface area contributed by atoms with Gasteiger partial charge in [-0.25, -0.2) is 4.99 Å². The summed E-state index contributed by atoms with van der Waals surface area (Å²) in [4.78, 5) is 22.4. The Morgan fingerprint density at radius 3 is 2.45 bits per heavy atom. The van der Waals surface area contributed by atoms with Crippen LogP contribution in [0.4, 0.5) is 5.69 Å². The van der Waals surface area contributed by atoms with Crippen LogP contribution in [-0.4, -0.2) is 35.2 Å². The minimum atomic E-state index is -0.322. The number of halogens is 1. The van der Waals surface area contributed by atoms with E-state index >= 15 is 0 Å². The highest BCUT2D eigenvalue weighted by Crippen LogP contribution is 2.40. The number of benzene rings is 2. The summed E-state index contributed by atoms with van der Waals surface area (Å²) >= 11 is 4.94. The smallest absolute Gasteiger partial charge is 0.234 e. The van der Waals surface area contributed by atoms with Crippen molar-refractivity contribution in [3.63, 3.8) is 0 Å². The molecule has 4 rings (SSSR count). The third-order valence-electron chi connectivity index (χ3n) is 5.07. The summed E-state index contributed by atoms with van der Waals surface area (Å²) in [6.45, 7) is 0. The molecule has 0 bridgehead atoms. The van der Waals surface area contributed by atoms with E-state index in [-0.39, 0.29) is 17.3 Å². The first kappa shape index (κ1) is 20.2. The Labute approximate surface area is 183 Å². The minimum absolute atomic E-state index is 0.0644. The number of nitrogens with one attached hydrogen (secondary N) is 1. The third-order valence-corrected chi connectivity index (χ3v) is 6.56. The molecule has 1 amide bonds. The quantitative estimate of drug-likeness (QED) is 0.643. The molecule has 1 fully saturated rings. The van der Waals surface area contributed by atoms with Crippen molar-refractivity contribution in [2.75, 3.05) is 18.2 Å². The molecule has 0 saturated heterocycles. The number of ether oxygens (including phenoxy) is 1. The van der Waals surface area contributed by atoms with Crippen LogP contribution in [0.1, 0.15) is 31.2 Å². The zero-order valence-corrected chi connectivity index (χ0v) is 18.6. The van der Waals surface area contributed by atoms with Gasteiger partial charge in [0.1, 0.15) is 10.8 Å². The molecule has 29 heavy (non-hydrogen) atoms. The van der Waals surface area contributed by atoms with Gasteiger partial charge in [-0.15, -0.1) is 0 Å². The number of amides is 1. The highest BCUT2D eigenvalue weighted by molar-refractivity contribution is 9.10. The number of hydrogen-bond acceptors (Lipinski definition) is 5. The van der Waals surface area contributed by atoms with Crippen LogP contribution >= 0.6 is 27.7 Å². The van der Waals surface area contributed by atoms with Crippen molar-refractivity contribution >= 4 is 50.0 Å². The topological polar surface area (TPSA) is 63.0 Å². The third kappa shape index (κ3) is 4.73. The van der Waals surface area contributed by atoms with E-state index in [0.29, 0.717) is 0 Å². The Bertz CT molecular complexity index is 949. The standard InChI is InChI=1S/C22H22BrN3O2S/c1-28-18-10-8-17(9-11-18)24-19(27)14-29-21-20(15-4-6-16(23)7-5-15)25-22(26-21)12-2-3-13-22/h4-11H,2-3,12-14H2,1H3,(H,24,27). The summed E-state index contributed by atoms with van der Waals surface area (Å²) in [6, 6.07) is 15.4. The number of aliphatic imine (C=N–C) groups is 2. The van der Waals surface area contributed by atoms with Crippen LogP contribution < -0.4 is 10.1 Å². The van der Waals surface area contributed by atoms with Gasteiger partial charge in [-0.3, -0.25) is 9.79 Å². The lowest BCUT2D eigenvalue weighted by molar-refractivity contribution is -0.113. The maximum atomic E-state index is 12.5. The SMILES string of the molecule is COc1ccc(NC(=O)CSC2=NC3(CCCC3)N=C2c2ccc(Br)cc2)cc1. The lowest BCUT2D eigenvalue weighted by atomic mass is 10.1. The fraction of sp³-hybridized carbons (Fsp3) is 0.318. The summed E-state index contributed by atoms with van der Waals surface area (Å²) in [5.41, 5.74) is 2.37. The molecule has 1 N–H and O–H groups in total. The zero-order chi connectivity index (χ0) is 20.3. The second-order valence-corrected chi connectivity index (χ2v) is 9.02. The van der Waals surface area contributed by atoms with Crippen LogP contribution in [0.2, 0.25) is 0 Å².